The molecule has 0 fully saturated rings. The standard InChI is InChI=1S/C15H11ClO/c16-15-9-7-14(8-10-15)13-5-3-12(4-6-13)2-1-11-17/h1-11H. The van der Waals surface area contributed by atoms with Crippen molar-refractivity contribution in [3.63, 3.8) is 0 Å². The zero-order chi connectivity index (χ0) is 12.1. The van der Waals surface area contributed by atoms with Gasteiger partial charge in [-0.3, -0.25) is 4.79 Å². The molecule has 0 atom stereocenters. The fourth-order valence-corrected chi connectivity index (χ4v) is 1.71. The lowest BCUT2D eigenvalue weighted by Gasteiger charge is -2.02. The largest absolute Gasteiger partial charge is 0.299 e. The average Bonchev–Trinajstić information content (AvgIpc) is 2.38. The van der Waals surface area contributed by atoms with Crippen LogP contribution >= 0.6 is 11.6 Å². The molecule has 1 nitrogen and oxygen atoms in total. The maximum atomic E-state index is 10.2. The number of benzene rings is 2. The molecule has 2 heteroatoms. The molecule has 0 spiro atoms. The van der Waals surface area contributed by atoms with E-state index in [0.29, 0.717) is 0 Å². The lowest BCUT2D eigenvalue weighted by atomic mass is 10.0. The zero-order valence-corrected chi connectivity index (χ0v) is 9.89. The van der Waals surface area contributed by atoms with E-state index < -0.39 is 0 Å². The van der Waals surface area contributed by atoms with Gasteiger partial charge in [0.1, 0.15) is 6.29 Å². The summed E-state index contributed by atoms with van der Waals surface area (Å²) in [5.41, 5.74) is 3.26. The molecule has 17 heavy (non-hydrogen) atoms. The van der Waals surface area contributed by atoms with Crippen LogP contribution < -0.4 is 0 Å². The number of halogens is 1. The van der Waals surface area contributed by atoms with Crippen molar-refractivity contribution < 1.29 is 4.79 Å². The van der Waals surface area contributed by atoms with Gasteiger partial charge in [0.05, 0.1) is 0 Å². The molecule has 0 N–H and O–H groups in total. The van der Waals surface area contributed by atoms with Crippen molar-refractivity contribution in [1.82, 2.24) is 0 Å². The van der Waals surface area contributed by atoms with Crippen molar-refractivity contribution in [2.24, 2.45) is 0 Å². The van der Waals surface area contributed by atoms with Gasteiger partial charge in [-0.15, -0.1) is 0 Å². The van der Waals surface area contributed by atoms with Crippen LogP contribution in [0, 0.1) is 0 Å². The van der Waals surface area contributed by atoms with Crippen LogP contribution in [0.1, 0.15) is 5.56 Å². The van der Waals surface area contributed by atoms with Gasteiger partial charge in [-0.2, -0.15) is 0 Å². The summed E-state index contributed by atoms with van der Waals surface area (Å²) in [7, 11) is 0. The molecule has 2 rings (SSSR count). The van der Waals surface area contributed by atoms with E-state index in [9.17, 15) is 4.79 Å². The van der Waals surface area contributed by atoms with E-state index in [4.69, 9.17) is 11.6 Å². The first-order chi connectivity index (χ1) is 8.29. The molecule has 0 heterocycles. The Hall–Kier alpha value is -1.86. The van der Waals surface area contributed by atoms with Gasteiger partial charge < -0.3 is 0 Å². The minimum Gasteiger partial charge on any atom is -0.299 e. The molecule has 0 radical (unpaired) electrons. The Kier molecular flexibility index (Phi) is 3.73. The van der Waals surface area contributed by atoms with Gasteiger partial charge in [-0.1, -0.05) is 54.1 Å². The zero-order valence-electron chi connectivity index (χ0n) is 9.14. The Bertz CT molecular complexity index is 524. The SMILES string of the molecule is O=CC=Cc1ccc(-c2ccc(Cl)cc2)cc1. The predicted molar refractivity (Wildman–Crippen MR) is 72.0 cm³/mol. The minimum atomic E-state index is 0.735. The fourth-order valence-electron chi connectivity index (χ4n) is 1.58. The summed E-state index contributed by atoms with van der Waals surface area (Å²) in [6, 6.07) is 15.7. The first kappa shape index (κ1) is 11.6. The Morgan fingerprint density at radius 3 is 1.88 bits per heavy atom. The van der Waals surface area contributed by atoms with Crippen LogP contribution in [0.3, 0.4) is 0 Å². The van der Waals surface area contributed by atoms with Crippen molar-refractivity contribution >= 4 is 24.0 Å². The number of carbonyl (C=O) groups is 1. The van der Waals surface area contributed by atoms with Crippen LogP contribution in [0.15, 0.2) is 54.6 Å². The highest BCUT2D eigenvalue weighted by atomic mass is 35.5. The maximum absolute atomic E-state index is 10.2. The van der Waals surface area contributed by atoms with Crippen molar-refractivity contribution in [1.29, 1.82) is 0 Å². The van der Waals surface area contributed by atoms with E-state index in [2.05, 4.69) is 0 Å². The third kappa shape index (κ3) is 3.05. The quantitative estimate of drug-likeness (QED) is 0.582. The van der Waals surface area contributed by atoms with Crippen molar-refractivity contribution in [2.75, 3.05) is 0 Å². The number of hydrogen-bond acceptors (Lipinski definition) is 1. The lowest BCUT2D eigenvalue weighted by molar-refractivity contribution is -0.104. The summed E-state index contributed by atoms with van der Waals surface area (Å²) < 4.78 is 0. The highest BCUT2D eigenvalue weighted by Gasteiger charge is 1.96. The van der Waals surface area contributed by atoms with E-state index in [1.807, 2.05) is 48.5 Å². The molecule has 0 saturated heterocycles. The highest BCUT2D eigenvalue weighted by molar-refractivity contribution is 6.30. The Morgan fingerprint density at radius 2 is 1.35 bits per heavy atom. The van der Waals surface area contributed by atoms with E-state index in [1.54, 1.807) is 6.08 Å². The second-order valence-electron chi connectivity index (χ2n) is 3.62. The van der Waals surface area contributed by atoms with Crippen LogP contribution in [0.25, 0.3) is 17.2 Å². The Morgan fingerprint density at radius 1 is 0.824 bits per heavy atom. The van der Waals surface area contributed by atoms with Gasteiger partial charge in [-0.25, -0.2) is 0 Å². The second-order valence-corrected chi connectivity index (χ2v) is 4.06. The van der Waals surface area contributed by atoms with Crippen molar-refractivity contribution in [3.8, 4) is 11.1 Å². The smallest absolute Gasteiger partial charge is 0.142 e. The van der Waals surface area contributed by atoms with E-state index in [1.165, 1.54) is 6.08 Å². The number of allylic oxidation sites excluding steroid dienone is 1. The molecule has 0 aliphatic heterocycles. The molecule has 2 aromatic rings. The van der Waals surface area contributed by atoms with Gasteiger partial charge in [-0.05, 0) is 34.9 Å². The summed E-state index contributed by atoms with van der Waals surface area (Å²) >= 11 is 5.84. The third-order valence-electron chi connectivity index (χ3n) is 2.46. The van der Waals surface area contributed by atoms with Crippen LogP contribution in [0.4, 0.5) is 0 Å². The molecule has 84 valence electrons. The predicted octanol–water partition coefficient (Wildman–Crippen LogP) is 4.22. The Labute approximate surface area is 105 Å². The first-order valence-corrected chi connectivity index (χ1v) is 5.65. The average molecular weight is 243 g/mol. The van der Waals surface area contributed by atoms with Crippen LogP contribution in [-0.4, -0.2) is 6.29 Å². The molecule has 0 saturated carbocycles. The van der Waals surface area contributed by atoms with E-state index in [0.717, 1.165) is 28.0 Å². The normalized spacial score (nSPS) is 10.6. The molecule has 0 unspecified atom stereocenters. The number of carbonyl (C=O) groups excluding carboxylic acids is 1. The number of hydrogen-bond donors (Lipinski definition) is 0. The summed E-state index contributed by atoms with van der Waals surface area (Å²) in [6.45, 7) is 0. The van der Waals surface area contributed by atoms with Gasteiger partial charge in [0.2, 0.25) is 0 Å². The van der Waals surface area contributed by atoms with Gasteiger partial charge in [0.15, 0.2) is 0 Å². The fraction of sp³-hybridized carbons (Fsp3) is 0. The van der Waals surface area contributed by atoms with Crippen LogP contribution in [0.2, 0.25) is 5.02 Å². The molecular formula is C15H11ClO. The number of rotatable bonds is 3. The minimum absolute atomic E-state index is 0.735. The molecule has 0 amide bonds. The highest BCUT2D eigenvalue weighted by Crippen LogP contribution is 2.22. The summed E-state index contributed by atoms with van der Waals surface area (Å²) in [5, 5.41) is 0.735. The molecule has 0 aliphatic rings. The first-order valence-electron chi connectivity index (χ1n) is 5.27. The van der Waals surface area contributed by atoms with Crippen molar-refractivity contribution in [2.45, 2.75) is 0 Å². The molecule has 0 bridgehead atoms. The van der Waals surface area contributed by atoms with E-state index >= 15 is 0 Å². The van der Waals surface area contributed by atoms with Crippen molar-refractivity contribution in [3.05, 3.63) is 65.2 Å². The second kappa shape index (κ2) is 5.46. The van der Waals surface area contributed by atoms with Gasteiger partial charge in [0.25, 0.3) is 0 Å². The number of aldehydes is 1. The monoisotopic (exact) mass is 242 g/mol. The molecule has 0 aromatic heterocycles. The Balaban J connectivity index is 2.26. The maximum Gasteiger partial charge on any atom is 0.142 e. The van der Waals surface area contributed by atoms with Crippen LogP contribution in [0.5, 0.6) is 0 Å². The summed E-state index contributed by atoms with van der Waals surface area (Å²) in [4.78, 5) is 10.2. The lowest BCUT2D eigenvalue weighted by Crippen LogP contribution is -1.78. The molecular weight excluding hydrogens is 232 g/mol. The molecule has 0 aliphatic carbocycles. The van der Waals surface area contributed by atoms with E-state index in [-0.39, 0.29) is 0 Å². The topological polar surface area (TPSA) is 17.1 Å². The van der Waals surface area contributed by atoms with Gasteiger partial charge in [0, 0.05) is 5.02 Å². The van der Waals surface area contributed by atoms with Gasteiger partial charge >= 0.3 is 0 Å². The molecule has 2 aromatic carbocycles. The summed E-state index contributed by atoms with van der Waals surface area (Å²) in [6.07, 6.45) is 4.03. The van der Waals surface area contributed by atoms with Crippen LogP contribution in [-0.2, 0) is 4.79 Å². The summed E-state index contributed by atoms with van der Waals surface area (Å²) in [5.74, 6) is 0. The third-order valence-corrected chi connectivity index (χ3v) is 2.71.